The van der Waals surface area contributed by atoms with Gasteiger partial charge in [0.15, 0.2) is 0 Å². The fourth-order valence-corrected chi connectivity index (χ4v) is 4.82. The minimum Gasteiger partial charge on any atom is -0.491 e. The van der Waals surface area contributed by atoms with E-state index in [-0.39, 0.29) is 5.41 Å². The molecule has 1 atom stereocenters. The van der Waals surface area contributed by atoms with Gasteiger partial charge in [-0.25, -0.2) is 0 Å². The zero-order chi connectivity index (χ0) is 20.1. The van der Waals surface area contributed by atoms with E-state index in [1.807, 2.05) is 0 Å². The van der Waals surface area contributed by atoms with Crippen LogP contribution in [0.1, 0.15) is 72.3 Å². The van der Waals surface area contributed by atoms with Gasteiger partial charge in [0, 0.05) is 0 Å². The molecule has 1 N–H and O–H groups in total. The summed E-state index contributed by atoms with van der Waals surface area (Å²) in [6, 6.07) is 8.45. The van der Waals surface area contributed by atoms with Crippen molar-refractivity contribution in [2.45, 2.75) is 78.2 Å². The molecule has 1 aliphatic heterocycles. The Bertz CT molecular complexity index is 563. The Hall–Kier alpha value is -1.06. The molecule has 3 heteroatoms. The largest absolute Gasteiger partial charge is 0.491 e. The van der Waals surface area contributed by atoms with E-state index >= 15 is 0 Å². The summed E-state index contributed by atoms with van der Waals surface area (Å²) >= 11 is 0. The van der Waals surface area contributed by atoms with Gasteiger partial charge in [0.1, 0.15) is 25.0 Å². The summed E-state index contributed by atoms with van der Waals surface area (Å²) in [7, 11) is 2.28. The summed E-state index contributed by atoms with van der Waals surface area (Å²) < 4.78 is 6.87. The van der Waals surface area contributed by atoms with E-state index in [0.717, 1.165) is 23.2 Å². The van der Waals surface area contributed by atoms with E-state index in [1.165, 1.54) is 44.3 Å². The first kappa shape index (κ1) is 22.2. The molecular formula is C24H42NO2+. The first-order valence-electron chi connectivity index (χ1n) is 10.7. The maximum Gasteiger partial charge on any atom is 0.137 e. The van der Waals surface area contributed by atoms with Crippen LogP contribution in [0.3, 0.4) is 0 Å². The molecule has 1 aliphatic rings. The first-order valence-corrected chi connectivity index (χ1v) is 10.7. The average molecular weight is 377 g/mol. The number of aliphatic hydroxyl groups excluding tert-OH is 1. The second kappa shape index (κ2) is 8.96. The standard InChI is InChI=1S/C24H42NO2/c1-23(2,3)19-24(4,5)20-11-13-22(14-12-20)27-18-21(26)17-25(6)15-9-7-8-10-16-25/h11-14,21,26H,7-10,15-19H2,1-6H3/q+1/t21-/m0/s1. The molecule has 0 amide bonds. The van der Waals surface area contributed by atoms with Crippen molar-refractivity contribution in [1.29, 1.82) is 0 Å². The predicted molar refractivity (Wildman–Crippen MR) is 114 cm³/mol. The molecule has 27 heavy (non-hydrogen) atoms. The number of rotatable bonds is 7. The Morgan fingerprint density at radius 1 is 0.963 bits per heavy atom. The fourth-order valence-electron chi connectivity index (χ4n) is 4.82. The number of aliphatic hydroxyl groups is 1. The number of quaternary nitrogens is 1. The topological polar surface area (TPSA) is 29.5 Å². The average Bonchev–Trinajstić information content (AvgIpc) is 2.75. The lowest BCUT2D eigenvalue weighted by atomic mass is 9.72. The third-order valence-corrected chi connectivity index (χ3v) is 5.85. The van der Waals surface area contributed by atoms with Gasteiger partial charge < -0.3 is 14.3 Å². The van der Waals surface area contributed by atoms with Crippen molar-refractivity contribution in [3.63, 3.8) is 0 Å². The lowest BCUT2D eigenvalue weighted by Crippen LogP contribution is -2.50. The molecule has 0 radical (unpaired) electrons. The van der Waals surface area contributed by atoms with Crippen molar-refractivity contribution in [2.75, 3.05) is 33.3 Å². The van der Waals surface area contributed by atoms with Gasteiger partial charge in [0.2, 0.25) is 0 Å². The highest BCUT2D eigenvalue weighted by Crippen LogP contribution is 2.36. The van der Waals surface area contributed by atoms with Crippen molar-refractivity contribution >= 4 is 0 Å². The molecule has 0 aliphatic carbocycles. The molecular weight excluding hydrogens is 334 g/mol. The highest BCUT2D eigenvalue weighted by Gasteiger charge is 2.28. The van der Waals surface area contributed by atoms with Gasteiger partial charge in [-0.05, 0) is 60.6 Å². The van der Waals surface area contributed by atoms with E-state index in [4.69, 9.17) is 4.74 Å². The minimum absolute atomic E-state index is 0.141. The molecule has 0 aromatic heterocycles. The Morgan fingerprint density at radius 3 is 2.04 bits per heavy atom. The number of likely N-dealkylation sites (tertiary alicyclic amines) is 1. The molecule has 1 aromatic rings. The van der Waals surface area contributed by atoms with Gasteiger partial charge in [0.25, 0.3) is 0 Å². The van der Waals surface area contributed by atoms with E-state index in [9.17, 15) is 5.11 Å². The zero-order valence-electron chi connectivity index (χ0n) is 18.6. The van der Waals surface area contributed by atoms with Crippen LogP contribution in [-0.4, -0.2) is 49.0 Å². The normalized spacial score (nSPS) is 19.4. The number of nitrogens with zero attached hydrogens (tertiary/aromatic N) is 1. The Balaban J connectivity index is 1.87. The molecule has 0 spiro atoms. The summed E-state index contributed by atoms with van der Waals surface area (Å²) in [5.74, 6) is 0.850. The summed E-state index contributed by atoms with van der Waals surface area (Å²) in [5.41, 5.74) is 1.78. The van der Waals surface area contributed by atoms with Gasteiger partial charge in [-0.2, -0.15) is 0 Å². The van der Waals surface area contributed by atoms with Crippen LogP contribution in [0.15, 0.2) is 24.3 Å². The van der Waals surface area contributed by atoms with Crippen LogP contribution in [0.4, 0.5) is 0 Å². The van der Waals surface area contributed by atoms with Crippen molar-refractivity contribution in [3.8, 4) is 5.75 Å². The molecule has 1 heterocycles. The Morgan fingerprint density at radius 2 is 1.52 bits per heavy atom. The second-order valence-electron chi connectivity index (χ2n) is 10.8. The van der Waals surface area contributed by atoms with Gasteiger partial charge in [-0.1, -0.05) is 46.8 Å². The van der Waals surface area contributed by atoms with Crippen LogP contribution in [-0.2, 0) is 5.41 Å². The lowest BCUT2D eigenvalue weighted by Gasteiger charge is -2.35. The Labute approximate surface area is 167 Å². The van der Waals surface area contributed by atoms with Gasteiger partial charge in [0.05, 0.1) is 20.1 Å². The molecule has 1 saturated heterocycles. The monoisotopic (exact) mass is 376 g/mol. The quantitative estimate of drug-likeness (QED) is 0.666. The third kappa shape index (κ3) is 7.46. The molecule has 2 rings (SSSR count). The van der Waals surface area contributed by atoms with Gasteiger partial charge in [-0.3, -0.25) is 0 Å². The van der Waals surface area contributed by atoms with Crippen LogP contribution in [0.2, 0.25) is 0 Å². The molecule has 0 unspecified atom stereocenters. The summed E-state index contributed by atoms with van der Waals surface area (Å²) in [5, 5.41) is 10.5. The first-order chi connectivity index (χ1) is 12.5. The zero-order valence-corrected chi connectivity index (χ0v) is 18.6. The van der Waals surface area contributed by atoms with Crippen molar-refractivity contribution in [1.82, 2.24) is 0 Å². The van der Waals surface area contributed by atoms with Gasteiger partial charge in [-0.15, -0.1) is 0 Å². The highest BCUT2D eigenvalue weighted by atomic mass is 16.5. The molecule has 1 aromatic carbocycles. The van der Waals surface area contributed by atoms with Crippen LogP contribution in [0.5, 0.6) is 5.75 Å². The number of hydrogen-bond acceptors (Lipinski definition) is 2. The predicted octanol–water partition coefficient (Wildman–Crippen LogP) is 5.16. The molecule has 1 fully saturated rings. The minimum atomic E-state index is -0.412. The Kier molecular flexibility index (Phi) is 7.38. The molecule has 154 valence electrons. The van der Waals surface area contributed by atoms with E-state index in [0.29, 0.717) is 12.0 Å². The SMILES string of the molecule is CC(C)(C)CC(C)(C)c1ccc(OC[C@@H](O)C[N+]2(C)CCCCCC2)cc1. The molecule has 0 saturated carbocycles. The van der Waals surface area contributed by atoms with Crippen molar-refractivity contribution in [3.05, 3.63) is 29.8 Å². The van der Waals surface area contributed by atoms with E-state index in [2.05, 4.69) is 65.9 Å². The second-order valence-corrected chi connectivity index (χ2v) is 10.8. The number of benzene rings is 1. The van der Waals surface area contributed by atoms with Gasteiger partial charge >= 0.3 is 0 Å². The summed E-state index contributed by atoms with van der Waals surface area (Å²) in [6.07, 6.45) is 5.93. The summed E-state index contributed by atoms with van der Waals surface area (Å²) in [4.78, 5) is 0. The number of hydrogen-bond donors (Lipinski definition) is 1. The van der Waals surface area contributed by atoms with Crippen LogP contribution in [0, 0.1) is 5.41 Å². The van der Waals surface area contributed by atoms with Crippen LogP contribution < -0.4 is 4.74 Å². The molecule has 3 nitrogen and oxygen atoms in total. The van der Waals surface area contributed by atoms with Crippen LogP contribution in [0.25, 0.3) is 0 Å². The number of likely N-dealkylation sites (N-methyl/N-ethyl adjacent to an activating group) is 1. The van der Waals surface area contributed by atoms with Crippen molar-refractivity contribution < 1.29 is 14.3 Å². The third-order valence-electron chi connectivity index (χ3n) is 5.85. The molecule has 0 bridgehead atoms. The highest BCUT2D eigenvalue weighted by molar-refractivity contribution is 5.31. The van der Waals surface area contributed by atoms with E-state index in [1.54, 1.807) is 0 Å². The number of ether oxygens (including phenoxy) is 1. The smallest absolute Gasteiger partial charge is 0.137 e. The van der Waals surface area contributed by atoms with E-state index < -0.39 is 6.10 Å². The van der Waals surface area contributed by atoms with Crippen molar-refractivity contribution in [2.24, 2.45) is 5.41 Å². The maximum absolute atomic E-state index is 10.5. The maximum atomic E-state index is 10.5. The summed E-state index contributed by atoms with van der Waals surface area (Å²) in [6.45, 7) is 15.0. The fraction of sp³-hybridized carbons (Fsp3) is 0.750. The van der Waals surface area contributed by atoms with Crippen LogP contribution >= 0.6 is 0 Å². The lowest BCUT2D eigenvalue weighted by molar-refractivity contribution is -0.911.